The van der Waals surface area contributed by atoms with Crippen molar-refractivity contribution in [2.45, 2.75) is 19.8 Å². The fourth-order valence-electron chi connectivity index (χ4n) is 1.71. The summed E-state index contributed by atoms with van der Waals surface area (Å²) in [4.78, 5) is 11.8. The van der Waals surface area contributed by atoms with Gasteiger partial charge in [-0.25, -0.2) is 0 Å². The molecule has 0 aliphatic carbocycles. The molecule has 1 aromatic carbocycles. The Labute approximate surface area is 107 Å². The highest BCUT2D eigenvalue weighted by Crippen LogP contribution is 2.08. The summed E-state index contributed by atoms with van der Waals surface area (Å²) in [5, 5.41) is 6.83. The Balaban J connectivity index is 1.85. The summed E-state index contributed by atoms with van der Waals surface area (Å²) in [6, 6.07) is 10.0. The lowest BCUT2D eigenvalue weighted by Crippen LogP contribution is -2.14. The van der Waals surface area contributed by atoms with Crippen molar-refractivity contribution in [3.63, 3.8) is 0 Å². The number of carbonyl (C=O) groups is 1. The minimum atomic E-state index is 0.0131. The second kappa shape index (κ2) is 5.49. The predicted molar refractivity (Wildman–Crippen MR) is 71.3 cm³/mol. The topological polar surface area (TPSA) is 46.9 Å². The van der Waals surface area contributed by atoms with Gasteiger partial charge in [-0.05, 0) is 18.9 Å². The summed E-state index contributed by atoms with van der Waals surface area (Å²) in [6.07, 6.45) is 2.90. The van der Waals surface area contributed by atoms with E-state index in [0.29, 0.717) is 6.42 Å². The van der Waals surface area contributed by atoms with Crippen molar-refractivity contribution in [1.82, 2.24) is 9.78 Å². The van der Waals surface area contributed by atoms with Crippen molar-refractivity contribution >= 4 is 11.7 Å². The maximum Gasteiger partial charge on any atom is 0.225 e. The predicted octanol–water partition coefficient (Wildman–Crippen LogP) is 2.30. The van der Waals surface area contributed by atoms with Gasteiger partial charge in [0.2, 0.25) is 5.91 Å². The van der Waals surface area contributed by atoms with E-state index in [1.165, 1.54) is 11.1 Å². The summed E-state index contributed by atoms with van der Waals surface area (Å²) in [7, 11) is 1.80. The van der Waals surface area contributed by atoms with E-state index in [-0.39, 0.29) is 5.91 Å². The third kappa shape index (κ3) is 3.20. The number of nitrogens with one attached hydrogen (secondary N) is 1. The van der Waals surface area contributed by atoms with Crippen LogP contribution in [-0.4, -0.2) is 15.7 Å². The van der Waals surface area contributed by atoms with Gasteiger partial charge in [-0.1, -0.05) is 29.8 Å². The molecular weight excluding hydrogens is 226 g/mol. The van der Waals surface area contributed by atoms with Crippen molar-refractivity contribution < 1.29 is 4.79 Å². The zero-order chi connectivity index (χ0) is 13.0. The Bertz CT molecular complexity index is 528. The molecule has 94 valence electrons. The highest BCUT2D eigenvalue weighted by Gasteiger charge is 2.05. The van der Waals surface area contributed by atoms with E-state index in [1.54, 1.807) is 24.0 Å². The Morgan fingerprint density at radius 2 is 2.00 bits per heavy atom. The largest absolute Gasteiger partial charge is 0.311 e. The number of aryl methyl sites for hydroxylation is 3. The van der Waals surface area contributed by atoms with Crippen LogP contribution in [0.5, 0.6) is 0 Å². The van der Waals surface area contributed by atoms with E-state index >= 15 is 0 Å². The van der Waals surface area contributed by atoms with Crippen LogP contribution in [-0.2, 0) is 18.3 Å². The molecule has 0 saturated carbocycles. The van der Waals surface area contributed by atoms with Gasteiger partial charge in [-0.2, -0.15) is 5.10 Å². The standard InChI is InChI=1S/C14H17N3O/c1-11-3-5-12(6-4-11)7-8-14(18)16-13-9-10-15-17(13)2/h3-6,9-10H,7-8H2,1-2H3,(H,16,18). The smallest absolute Gasteiger partial charge is 0.225 e. The fraction of sp³-hybridized carbons (Fsp3) is 0.286. The molecular formula is C14H17N3O. The number of hydrogen-bond acceptors (Lipinski definition) is 2. The molecule has 0 fully saturated rings. The number of anilines is 1. The first kappa shape index (κ1) is 12.4. The van der Waals surface area contributed by atoms with Crippen LogP contribution < -0.4 is 5.32 Å². The number of hydrogen-bond donors (Lipinski definition) is 1. The van der Waals surface area contributed by atoms with Gasteiger partial charge in [0, 0.05) is 19.5 Å². The summed E-state index contributed by atoms with van der Waals surface area (Å²) < 4.78 is 1.64. The van der Waals surface area contributed by atoms with Gasteiger partial charge in [-0.3, -0.25) is 9.48 Å². The second-order valence-electron chi connectivity index (χ2n) is 4.37. The SMILES string of the molecule is Cc1ccc(CCC(=O)Nc2ccnn2C)cc1. The zero-order valence-electron chi connectivity index (χ0n) is 10.7. The van der Waals surface area contributed by atoms with Gasteiger partial charge in [0.05, 0.1) is 6.20 Å². The van der Waals surface area contributed by atoms with Crippen LogP contribution in [0.4, 0.5) is 5.82 Å². The minimum Gasteiger partial charge on any atom is -0.311 e. The summed E-state index contributed by atoms with van der Waals surface area (Å²) in [6.45, 7) is 2.05. The molecule has 0 unspecified atom stereocenters. The summed E-state index contributed by atoms with van der Waals surface area (Å²) >= 11 is 0. The average molecular weight is 243 g/mol. The third-order valence-electron chi connectivity index (χ3n) is 2.85. The van der Waals surface area contributed by atoms with Gasteiger partial charge >= 0.3 is 0 Å². The molecule has 18 heavy (non-hydrogen) atoms. The lowest BCUT2D eigenvalue weighted by atomic mass is 10.1. The number of nitrogens with zero attached hydrogens (tertiary/aromatic N) is 2. The lowest BCUT2D eigenvalue weighted by Gasteiger charge is -2.05. The van der Waals surface area contributed by atoms with E-state index < -0.39 is 0 Å². The van der Waals surface area contributed by atoms with Gasteiger partial charge in [0.15, 0.2) is 0 Å². The molecule has 2 aromatic rings. The molecule has 0 radical (unpaired) electrons. The third-order valence-corrected chi connectivity index (χ3v) is 2.85. The van der Waals surface area contributed by atoms with Gasteiger partial charge in [0.25, 0.3) is 0 Å². The number of carbonyl (C=O) groups excluding carboxylic acids is 1. The average Bonchev–Trinajstić information content (AvgIpc) is 2.74. The lowest BCUT2D eigenvalue weighted by molar-refractivity contribution is -0.116. The first-order chi connectivity index (χ1) is 8.65. The van der Waals surface area contributed by atoms with Gasteiger partial charge < -0.3 is 5.32 Å². The van der Waals surface area contributed by atoms with Crippen molar-refractivity contribution in [3.05, 3.63) is 47.7 Å². The van der Waals surface area contributed by atoms with E-state index in [1.807, 2.05) is 0 Å². The van der Waals surface area contributed by atoms with Crippen LogP contribution in [0.25, 0.3) is 0 Å². The van der Waals surface area contributed by atoms with Gasteiger partial charge in [-0.15, -0.1) is 0 Å². The number of amides is 1. The molecule has 4 nitrogen and oxygen atoms in total. The van der Waals surface area contributed by atoms with E-state index in [4.69, 9.17) is 0 Å². The Hall–Kier alpha value is -2.10. The first-order valence-corrected chi connectivity index (χ1v) is 5.98. The molecule has 0 bridgehead atoms. The van der Waals surface area contributed by atoms with E-state index in [0.717, 1.165) is 12.2 Å². The van der Waals surface area contributed by atoms with E-state index in [2.05, 4.69) is 41.6 Å². The molecule has 1 heterocycles. The molecule has 0 saturated heterocycles. The monoisotopic (exact) mass is 243 g/mol. The normalized spacial score (nSPS) is 10.3. The van der Waals surface area contributed by atoms with Gasteiger partial charge in [0.1, 0.15) is 5.82 Å². The molecule has 4 heteroatoms. The van der Waals surface area contributed by atoms with Crippen LogP contribution in [0.2, 0.25) is 0 Å². The van der Waals surface area contributed by atoms with Crippen LogP contribution in [0.15, 0.2) is 36.5 Å². The molecule has 1 N–H and O–H groups in total. The number of rotatable bonds is 4. The first-order valence-electron chi connectivity index (χ1n) is 5.98. The minimum absolute atomic E-state index is 0.0131. The van der Waals surface area contributed by atoms with Crippen LogP contribution >= 0.6 is 0 Å². The highest BCUT2D eigenvalue weighted by atomic mass is 16.1. The Morgan fingerprint density at radius 3 is 2.61 bits per heavy atom. The van der Waals surface area contributed by atoms with Crippen molar-refractivity contribution in [2.24, 2.45) is 7.05 Å². The highest BCUT2D eigenvalue weighted by molar-refractivity contribution is 5.89. The maximum absolute atomic E-state index is 11.8. The van der Waals surface area contributed by atoms with Crippen molar-refractivity contribution in [3.8, 4) is 0 Å². The number of benzene rings is 1. The van der Waals surface area contributed by atoms with E-state index in [9.17, 15) is 4.79 Å². The van der Waals surface area contributed by atoms with Crippen molar-refractivity contribution in [1.29, 1.82) is 0 Å². The zero-order valence-corrected chi connectivity index (χ0v) is 10.7. The Morgan fingerprint density at radius 1 is 1.28 bits per heavy atom. The quantitative estimate of drug-likeness (QED) is 0.895. The molecule has 2 rings (SSSR count). The summed E-state index contributed by atoms with van der Waals surface area (Å²) in [5.41, 5.74) is 2.42. The van der Waals surface area contributed by atoms with Crippen molar-refractivity contribution in [2.75, 3.05) is 5.32 Å². The van der Waals surface area contributed by atoms with Crippen LogP contribution in [0.3, 0.4) is 0 Å². The second-order valence-corrected chi connectivity index (χ2v) is 4.37. The summed E-state index contributed by atoms with van der Waals surface area (Å²) in [5.74, 6) is 0.739. The van der Waals surface area contributed by atoms with Crippen LogP contribution in [0, 0.1) is 6.92 Å². The number of aromatic nitrogens is 2. The molecule has 0 atom stereocenters. The maximum atomic E-state index is 11.8. The van der Waals surface area contributed by atoms with Crippen LogP contribution in [0.1, 0.15) is 17.5 Å². The molecule has 0 aliphatic heterocycles. The Kier molecular flexibility index (Phi) is 3.77. The fourth-order valence-corrected chi connectivity index (χ4v) is 1.71. The molecule has 1 aromatic heterocycles. The molecule has 0 aliphatic rings. The molecule has 0 spiro atoms. The molecule has 1 amide bonds.